The van der Waals surface area contributed by atoms with E-state index in [0.29, 0.717) is 45.0 Å². The lowest BCUT2D eigenvalue weighted by Crippen LogP contribution is -2.45. The number of amides is 1. The molecule has 0 aliphatic carbocycles. The zero-order valence-electron chi connectivity index (χ0n) is 15.9. The molecule has 1 heterocycles. The summed E-state index contributed by atoms with van der Waals surface area (Å²) in [5.74, 6) is -0.817. The lowest BCUT2D eigenvalue weighted by molar-refractivity contribution is -0.126. The first-order valence-corrected chi connectivity index (χ1v) is 12.4. The van der Waals surface area contributed by atoms with Crippen LogP contribution in [0.25, 0.3) is 0 Å². The van der Waals surface area contributed by atoms with Crippen LogP contribution in [0, 0.1) is 5.92 Å². The predicted molar refractivity (Wildman–Crippen MR) is 122 cm³/mol. The minimum absolute atomic E-state index is 0.143. The topological polar surface area (TPSA) is 66.5 Å². The van der Waals surface area contributed by atoms with Gasteiger partial charge in [0.1, 0.15) is 0 Å². The Morgan fingerprint density at radius 3 is 2.50 bits per heavy atom. The molecule has 0 bridgehead atoms. The van der Waals surface area contributed by atoms with Crippen LogP contribution in [0.5, 0.6) is 0 Å². The molecule has 0 radical (unpaired) electrons. The van der Waals surface area contributed by atoms with Crippen molar-refractivity contribution >= 4 is 62.3 Å². The highest BCUT2D eigenvalue weighted by molar-refractivity contribution is 7.88. The van der Waals surface area contributed by atoms with Gasteiger partial charge in [-0.25, -0.2) is 12.7 Å². The molecule has 1 fully saturated rings. The van der Waals surface area contributed by atoms with Gasteiger partial charge < -0.3 is 5.32 Å². The van der Waals surface area contributed by atoms with E-state index in [4.69, 9.17) is 46.4 Å². The third-order valence-electron chi connectivity index (χ3n) is 4.95. The number of nitrogens with zero attached hydrogens (tertiary/aromatic N) is 1. The van der Waals surface area contributed by atoms with E-state index < -0.39 is 15.9 Å². The second-order valence-electron chi connectivity index (χ2n) is 7.16. The lowest BCUT2D eigenvalue weighted by atomic mass is 9.99. The molecule has 1 N–H and O–H groups in total. The summed E-state index contributed by atoms with van der Waals surface area (Å²) in [5.41, 5.74) is 1.29. The first-order chi connectivity index (χ1) is 14.2. The summed E-state index contributed by atoms with van der Waals surface area (Å²) < 4.78 is 27.1. The summed E-state index contributed by atoms with van der Waals surface area (Å²) in [5, 5.41) is 4.51. The zero-order valence-corrected chi connectivity index (χ0v) is 19.7. The molecule has 0 spiro atoms. The third kappa shape index (κ3) is 6.02. The van der Waals surface area contributed by atoms with Crippen molar-refractivity contribution < 1.29 is 13.2 Å². The van der Waals surface area contributed by atoms with E-state index in [2.05, 4.69) is 5.32 Å². The minimum atomic E-state index is -3.60. The van der Waals surface area contributed by atoms with Gasteiger partial charge in [0.05, 0.1) is 21.7 Å². The van der Waals surface area contributed by atoms with Crippen molar-refractivity contribution in [2.24, 2.45) is 5.92 Å². The minimum Gasteiger partial charge on any atom is -0.352 e. The molecule has 1 aliphatic rings. The quantitative estimate of drug-likeness (QED) is 0.584. The second kappa shape index (κ2) is 10.1. The van der Waals surface area contributed by atoms with Crippen LogP contribution in [0.4, 0.5) is 0 Å². The Kier molecular flexibility index (Phi) is 7.93. The summed E-state index contributed by atoms with van der Waals surface area (Å²) in [6, 6.07) is 9.82. The van der Waals surface area contributed by atoms with Crippen molar-refractivity contribution in [2.75, 3.05) is 13.1 Å². The van der Waals surface area contributed by atoms with E-state index in [1.54, 1.807) is 36.4 Å². The Morgan fingerprint density at radius 1 is 1.03 bits per heavy atom. The van der Waals surface area contributed by atoms with E-state index >= 15 is 0 Å². The van der Waals surface area contributed by atoms with Crippen molar-refractivity contribution in [1.82, 2.24) is 9.62 Å². The Morgan fingerprint density at radius 2 is 1.80 bits per heavy atom. The van der Waals surface area contributed by atoms with E-state index in [-0.39, 0.29) is 24.7 Å². The normalized spacial score (nSPS) is 17.7. The first-order valence-electron chi connectivity index (χ1n) is 9.29. The van der Waals surface area contributed by atoms with Crippen LogP contribution in [0.3, 0.4) is 0 Å². The van der Waals surface area contributed by atoms with Gasteiger partial charge in [0.2, 0.25) is 15.9 Å². The smallest absolute Gasteiger partial charge is 0.224 e. The highest BCUT2D eigenvalue weighted by Gasteiger charge is 2.32. The van der Waals surface area contributed by atoms with Crippen LogP contribution in [0.1, 0.15) is 24.0 Å². The molecule has 3 rings (SSSR count). The van der Waals surface area contributed by atoms with Gasteiger partial charge >= 0.3 is 0 Å². The van der Waals surface area contributed by atoms with Gasteiger partial charge in [0.15, 0.2) is 0 Å². The molecular weight excluding hydrogens is 490 g/mol. The van der Waals surface area contributed by atoms with Crippen molar-refractivity contribution in [3.63, 3.8) is 0 Å². The third-order valence-corrected chi connectivity index (χ3v) is 8.09. The summed E-state index contributed by atoms with van der Waals surface area (Å²) in [6.45, 7) is 0.779. The van der Waals surface area contributed by atoms with Crippen LogP contribution in [-0.2, 0) is 27.1 Å². The fourth-order valence-electron chi connectivity index (χ4n) is 3.33. The monoisotopic (exact) mass is 508 g/mol. The van der Waals surface area contributed by atoms with Gasteiger partial charge in [-0.3, -0.25) is 4.79 Å². The zero-order chi connectivity index (χ0) is 21.9. The number of sulfonamides is 1. The molecule has 162 valence electrons. The number of halogens is 4. The van der Waals surface area contributed by atoms with E-state index in [1.165, 1.54) is 4.31 Å². The number of hydrogen-bond donors (Lipinski definition) is 1. The van der Waals surface area contributed by atoms with Crippen LogP contribution in [-0.4, -0.2) is 31.7 Å². The first kappa shape index (κ1) is 23.6. The average Bonchev–Trinajstić information content (AvgIpc) is 2.70. The molecule has 30 heavy (non-hydrogen) atoms. The number of carbonyl (C=O) groups excluding carboxylic acids is 1. The maximum Gasteiger partial charge on any atom is 0.224 e. The van der Waals surface area contributed by atoms with Gasteiger partial charge in [-0.1, -0.05) is 58.5 Å². The molecule has 0 aromatic heterocycles. The molecule has 5 nitrogen and oxygen atoms in total. The summed E-state index contributed by atoms with van der Waals surface area (Å²) in [7, 11) is -3.60. The van der Waals surface area contributed by atoms with Crippen molar-refractivity contribution in [1.29, 1.82) is 0 Å². The van der Waals surface area contributed by atoms with Gasteiger partial charge in [-0.2, -0.15) is 0 Å². The average molecular weight is 510 g/mol. The number of piperidine rings is 1. The molecular formula is C20H20Cl4N2O3S. The van der Waals surface area contributed by atoms with Crippen LogP contribution < -0.4 is 5.32 Å². The van der Waals surface area contributed by atoms with Crippen molar-refractivity contribution in [2.45, 2.75) is 25.1 Å². The highest BCUT2D eigenvalue weighted by atomic mass is 35.5. The molecule has 0 saturated carbocycles. The van der Waals surface area contributed by atoms with Crippen molar-refractivity contribution in [3.05, 3.63) is 67.6 Å². The number of hydrogen-bond acceptors (Lipinski definition) is 3. The molecule has 1 amide bonds. The van der Waals surface area contributed by atoms with Crippen LogP contribution in [0.15, 0.2) is 36.4 Å². The molecule has 1 atom stereocenters. The van der Waals surface area contributed by atoms with Crippen molar-refractivity contribution in [3.8, 4) is 0 Å². The maximum absolute atomic E-state index is 12.9. The van der Waals surface area contributed by atoms with Gasteiger partial charge in [0, 0.05) is 29.7 Å². The maximum atomic E-state index is 12.9. The molecule has 2 aromatic rings. The predicted octanol–water partition coefficient (Wildman–Crippen LogP) is 5.16. The fourth-order valence-corrected chi connectivity index (χ4v) is 5.73. The molecule has 10 heteroatoms. The summed E-state index contributed by atoms with van der Waals surface area (Å²) in [4.78, 5) is 12.6. The van der Waals surface area contributed by atoms with Crippen LogP contribution >= 0.6 is 46.4 Å². The van der Waals surface area contributed by atoms with Gasteiger partial charge in [0.25, 0.3) is 0 Å². The number of nitrogens with one attached hydrogen (secondary N) is 1. The SMILES string of the molecule is O=C(NCc1ccc(Cl)cc1Cl)C1CCCN(S(=O)(=O)Cc2ccc(Cl)c(Cl)c2)C1. The van der Waals surface area contributed by atoms with Gasteiger partial charge in [-0.05, 0) is 48.2 Å². The molecule has 1 saturated heterocycles. The standard InChI is InChI=1S/C20H20Cl4N2O3S/c21-16-5-4-14(18(23)9-16)10-25-20(27)15-2-1-7-26(11-15)30(28,29)12-13-3-6-17(22)19(24)8-13/h3-6,8-9,15H,1-2,7,10-12H2,(H,25,27). The molecule has 1 unspecified atom stereocenters. The number of carbonyl (C=O) groups is 1. The summed E-state index contributed by atoms with van der Waals surface area (Å²) >= 11 is 23.9. The second-order valence-corrected chi connectivity index (χ2v) is 10.8. The molecule has 1 aliphatic heterocycles. The Bertz CT molecular complexity index is 1050. The van der Waals surface area contributed by atoms with E-state index in [1.807, 2.05) is 0 Å². The largest absolute Gasteiger partial charge is 0.352 e. The Balaban J connectivity index is 1.62. The van der Waals surface area contributed by atoms with Gasteiger partial charge in [-0.15, -0.1) is 0 Å². The Hall–Kier alpha value is -1.02. The lowest BCUT2D eigenvalue weighted by Gasteiger charge is -2.31. The number of benzene rings is 2. The summed E-state index contributed by atoms with van der Waals surface area (Å²) in [6.07, 6.45) is 1.24. The van der Waals surface area contributed by atoms with E-state index in [0.717, 1.165) is 5.56 Å². The van der Waals surface area contributed by atoms with Crippen LogP contribution in [0.2, 0.25) is 20.1 Å². The van der Waals surface area contributed by atoms with E-state index in [9.17, 15) is 13.2 Å². The fraction of sp³-hybridized carbons (Fsp3) is 0.350. The molecule has 2 aromatic carbocycles. The Labute approximate surface area is 196 Å². The highest BCUT2D eigenvalue weighted by Crippen LogP contribution is 2.26. The number of rotatable bonds is 6.